The van der Waals surface area contributed by atoms with Gasteiger partial charge in [0.15, 0.2) is 5.65 Å². The van der Waals surface area contributed by atoms with Gasteiger partial charge in [-0.05, 0) is 50.2 Å². The molecular weight excluding hydrogens is 504 g/mol. The fourth-order valence-corrected chi connectivity index (χ4v) is 4.63. The van der Waals surface area contributed by atoms with E-state index in [0.717, 1.165) is 39.2 Å². The van der Waals surface area contributed by atoms with Gasteiger partial charge in [0, 0.05) is 53.5 Å². The number of para-hydroxylation sites is 1. The van der Waals surface area contributed by atoms with Crippen LogP contribution in [0.25, 0.3) is 33.3 Å². The number of hydrogen-bond acceptors (Lipinski definition) is 6. The van der Waals surface area contributed by atoms with Crippen molar-refractivity contribution in [3.63, 3.8) is 0 Å². The lowest BCUT2D eigenvalue weighted by atomic mass is 10.1. The number of likely N-dealkylation sites (N-methyl/N-ethyl adjacent to an activating group) is 2. The Morgan fingerprint density at radius 1 is 1.02 bits per heavy atom. The number of pyridine rings is 1. The molecule has 0 radical (unpaired) electrons. The zero-order valence-electron chi connectivity index (χ0n) is 23.5. The second-order valence-corrected chi connectivity index (χ2v) is 9.12. The minimum Gasteiger partial charge on any atom is -0.384 e. The highest BCUT2D eigenvalue weighted by molar-refractivity contribution is 6.02. The smallest absolute Gasteiger partial charge is 0.252 e. The van der Waals surface area contributed by atoms with Crippen LogP contribution >= 0.6 is 0 Å². The van der Waals surface area contributed by atoms with Crippen molar-refractivity contribution in [3.05, 3.63) is 72.1 Å². The fourth-order valence-electron chi connectivity index (χ4n) is 4.63. The molecule has 0 fully saturated rings. The summed E-state index contributed by atoms with van der Waals surface area (Å²) in [4.78, 5) is 43.3. The Balaban J connectivity index is 0.00000181. The molecule has 0 aliphatic heterocycles. The number of nitrogens with zero attached hydrogens (tertiary/aromatic N) is 3. The zero-order valence-corrected chi connectivity index (χ0v) is 23.5. The van der Waals surface area contributed by atoms with E-state index in [-0.39, 0.29) is 11.8 Å². The molecule has 6 N–H and O–H groups in total. The Morgan fingerprint density at radius 3 is 2.48 bits per heavy atom. The average molecular weight is 541 g/mol. The first-order valence-electron chi connectivity index (χ1n) is 13.4. The summed E-state index contributed by atoms with van der Waals surface area (Å²) in [5.74, 6) is 0.522. The average Bonchev–Trinajstić information content (AvgIpc) is 3.57. The van der Waals surface area contributed by atoms with Crippen molar-refractivity contribution in [2.45, 2.75) is 33.7 Å². The van der Waals surface area contributed by atoms with Crippen molar-refractivity contribution >= 4 is 45.4 Å². The number of amides is 2. The number of anilines is 2. The number of nitrogens with one attached hydrogen (secondary N) is 4. The first-order chi connectivity index (χ1) is 19.4. The number of carbonyl (C=O) groups is 2. The van der Waals surface area contributed by atoms with Crippen LogP contribution in [0.5, 0.6) is 0 Å². The molecule has 0 aliphatic rings. The number of aromatic nitrogens is 4. The third kappa shape index (κ3) is 5.90. The van der Waals surface area contributed by atoms with Crippen LogP contribution in [0.2, 0.25) is 0 Å². The van der Waals surface area contributed by atoms with Gasteiger partial charge >= 0.3 is 0 Å². The maximum atomic E-state index is 13.3. The van der Waals surface area contributed by atoms with Crippen molar-refractivity contribution in [1.82, 2.24) is 30.6 Å². The number of carbonyl (C=O) groups excluding carboxylic acids is 2. The molecule has 5 rings (SSSR count). The Morgan fingerprint density at radius 2 is 1.77 bits per heavy atom. The third-order valence-electron chi connectivity index (χ3n) is 6.55. The lowest BCUT2D eigenvalue weighted by Gasteiger charge is -2.28. The second kappa shape index (κ2) is 12.3. The van der Waals surface area contributed by atoms with Gasteiger partial charge in [-0.2, -0.15) is 0 Å². The number of H-pyrrole nitrogens is 2. The minimum absolute atomic E-state index is 0.259. The van der Waals surface area contributed by atoms with E-state index in [1.165, 1.54) is 0 Å². The van der Waals surface area contributed by atoms with Crippen LogP contribution < -0.4 is 21.3 Å². The summed E-state index contributed by atoms with van der Waals surface area (Å²) in [6.45, 7) is 8.90. The number of hydrogen-bond donors (Lipinski definition) is 5. The summed E-state index contributed by atoms with van der Waals surface area (Å²) in [6.07, 6.45) is 0. The van der Waals surface area contributed by atoms with Crippen LogP contribution in [0, 0.1) is 6.92 Å². The summed E-state index contributed by atoms with van der Waals surface area (Å²) in [5.41, 5.74) is 11.2. The number of nitrogen functional groups attached to an aromatic ring is 1. The van der Waals surface area contributed by atoms with E-state index >= 15 is 0 Å². The van der Waals surface area contributed by atoms with Crippen molar-refractivity contribution in [2.24, 2.45) is 0 Å². The maximum absolute atomic E-state index is 13.3. The van der Waals surface area contributed by atoms with E-state index in [1.54, 1.807) is 25.2 Å². The summed E-state index contributed by atoms with van der Waals surface area (Å²) in [5, 5.41) is 6.51. The number of fused-ring (bicyclic) bond motifs is 2. The van der Waals surface area contributed by atoms with Crippen LogP contribution in [0.1, 0.15) is 37.0 Å². The molecule has 3 heterocycles. The van der Waals surface area contributed by atoms with E-state index in [4.69, 9.17) is 5.73 Å². The predicted octanol–water partition coefficient (Wildman–Crippen LogP) is 4.39. The Bertz CT molecular complexity index is 1620. The second-order valence-electron chi connectivity index (χ2n) is 9.12. The van der Waals surface area contributed by atoms with Gasteiger partial charge in [-0.15, -0.1) is 0 Å². The molecule has 10 nitrogen and oxygen atoms in total. The molecule has 5 aromatic rings. The SMILES string of the molecule is CC.CCN(CC(NC(=O)c1ccc2cc(-c3cc(N)nc4nc(C)[nH]c34)[nH]c2c1)C(=O)NC)c1ccccc1. The Hall–Kier alpha value is -4.86. The summed E-state index contributed by atoms with van der Waals surface area (Å²) in [7, 11) is 1.57. The predicted molar refractivity (Wildman–Crippen MR) is 161 cm³/mol. The van der Waals surface area contributed by atoms with Crippen molar-refractivity contribution in [3.8, 4) is 11.3 Å². The number of aromatic amines is 2. The van der Waals surface area contributed by atoms with Gasteiger partial charge in [-0.1, -0.05) is 38.1 Å². The minimum atomic E-state index is -0.737. The first-order valence-corrected chi connectivity index (χ1v) is 13.4. The van der Waals surface area contributed by atoms with Crippen LogP contribution in [0.15, 0.2) is 60.7 Å². The van der Waals surface area contributed by atoms with E-state index in [0.29, 0.717) is 30.1 Å². The normalized spacial score (nSPS) is 11.5. The van der Waals surface area contributed by atoms with E-state index in [9.17, 15) is 9.59 Å². The Kier molecular flexibility index (Phi) is 8.68. The number of imidazole rings is 1. The number of rotatable bonds is 8. The van der Waals surface area contributed by atoms with Crippen molar-refractivity contribution in [1.29, 1.82) is 0 Å². The van der Waals surface area contributed by atoms with E-state index < -0.39 is 6.04 Å². The van der Waals surface area contributed by atoms with Gasteiger partial charge in [-0.3, -0.25) is 9.59 Å². The molecule has 3 aromatic heterocycles. The molecule has 0 bridgehead atoms. The highest BCUT2D eigenvalue weighted by Crippen LogP contribution is 2.30. The molecule has 208 valence electrons. The number of nitrogens with two attached hydrogens (primary N) is 1. The zero-order chi connectivity index (χ0) is 28.8. The summed E-state index contributed by atoms with van der Waals surface area (Å²) < 4.78 is 0. The fraction of sp³-hybridized carbons (Fsp3) is 0.267. The summed E-state index contributed by atoms with van der Waals surface area (Å²) >= 11 is 0. The molecule has 40 heavy (non-hydrogen) atoms. The molecule has 2 amide bonds. The first kappa shape index (κ1) is 28.2. The lowest BCUT2D eigenvalue weighted by Crippen LogP contribution is -2.52. The highest BCUT2D eigenvalue weighted by Gasteiger charge is 2.23. The number of benzene rings is 2. The maximum Gasteiger partial charge on any atom is 0.252 e. The third-order valence-corrected chi connectivity index (χ3v) is 6.55. The molecule has 1 unspecified atom stereocenters. The lowest BCUT2D eigenvalue weighted by molar-refractivity contribution is -0.122. The van der Waals surface area contributed by atoms with Gasteiger partial charge in [0.1, 0.15) is 17.7 Å². The summed E-state index contributed by atoms with van der Waals surface area (Å²) in [6, 6.07) is 18.3. The monoisotopic (exact) mass is 540 g/mol. The van der Waals surface area contributed by atoms with Crippen LogP contribution in [0.4, 0.5) is 11.5 Å². The van der Waals surface area contributed by atoms with Gasteiger partial charge in [0.2, 0.25) is 5.91 Å². The van der Waals surface area contributed by atoms with Crippen LogP contribution in [-0.4, -0.2) is 57.9 Å². The van der Waals surface area contributed by atoms with Crippen LogP contribution in [-0.2, 0) is 4.79 Å². The molecule has 10 heteroatoms. The Labute approximate surface area is 233 Å². The highest BCUT2D eigenvalue weighted by atomic mass is 16.2. The molecule has 1 atom stereocenters. The molecule has 2 aromatic carbocycles. The van der Waals surface area contributed by atoms with Crippen molar-refractivity contribution in [2.75, 3.05) is 30.8 Å². The topological polar surface area (TPSA) is 145 Å². The van der Waals surface area contributed by atoms with Gasteiger partial charge < -0.3 is 31.2 Å². The van der Waals surface area contributed by atoms with Gasteiger partial charge in [-0.25, -0.2) is 9.97 Å². The quantitative estimate of drug-likeness (QED) is 0.197. The van der Waals surface area contributed by atoms with E-state index in [2.05, 4.69) is 35.5 Å². The van der Waals surface area contributed by atoms with E-state index in [1.807, 2.05) is 70.2 Å². The van der Waals surface area contributed by atoms with Crippen molar-refractivity contribution < 1.29 is 9.59 Å². The molecule has 0 spiro atoms. The van der Waals surface area contributed by atoms with Crippen LogP contribution in [0.3, 0.4) is 0 Å². The molecular formula is C30H36N8O2. The molecule has 0 saturated heterocycles. The van der Waals surface area contributed by atoms with Gasteiger partial charge in [0.25, 0.3) is 5.91 Å². The number of aryl methyl sites for hydroxylation is 1. The largest absolute Gasteiger partial charge is 0.384 e. The van der Waals surface area contributed by atoms with Gasteiger partial charge in [0.05, 0.1) is 5.52 Å². The standard InChI is InChI=1S/C28H30N8O2.C2H6/c1-4-36(19-8-6-5-7-9-19)15-23(28(38)30-3)34-27(37)18-11-10-17-12-22(33-21(17)13-18)20-14-24(29)35-26-25(20)31-16(2)32-26;1-2/h5-14,23,33H,4,15H2,1-3H3,(H,30,38)(H,34,37)(H3,29,31,32,35);1-2H3. The molecule has 0 saturated carbocycles. The molecule has 0 aliphatic carbocycles.